The van der Waals surface area contributed by atoms with Crippen LogP contribution in [0.4, 0.5) is 17.1 Å². The van der Waals surface area contributed by atoms with Gasteiger partial charge in [-0.25, -0.2) is 4.99 Å². The first-order valence-electron chi connectivity index (χ1n) is 8.75. The van der Waals surface area contributed by atoms with E-state index >= 15 is 0 Å². The molecule has 0 aliphatic carbocycles. The number of anilines is 1. The van der Waals surface area contributed by atoms with Gasteiger partial charge in [0.15, 0.2) is 5.17 Å². The average molecular weight is 410 g/mol. The SMILES string of the molecule is C=CCN1C(=O)[C@@H](CC(=O)Nc2cccc([N+](=O)[O-])c2)SC1=Nc1ccccc1. The molecule has 148 valence electrons. The van der Waals surface area contributed by atoms with Crippen molar-refractivity contribution < 1.29 is 14.5 Å². The zero-order chi connectivity index (χ0) is 20.8. The molecule has 0 unspecified atom stereocenters. The number of nitro groups is 1. The Bertz CT molecular complexity index is 977. The summed E-state index contributed by atoms with van der Waals surface area (Å²) in [5.41, 5.74) is 0.892. The van der Waals surface area contributed by atoms with E-state index in [1.54, 1.807) is 12.1 Å². The first-order chi connectivity index (χ1) is 14.0. The maximum absolute atomic E-state index is 12.7. The quantitative estimate of drug-likeness (QED) is 0.425. The Morgan fingerprint density at radius 3 is 2.72 bits per heavy atom. The van der Waals surface area contributed by atoms with E-state index in [0.717, 1.165) is 0 Å². The molecule has 1 saturated heterocycles. The van der Waals surface area contributed by atoms with Gasteiger partial charge in [-0.2, -0.15) is 0 Å². The van der Waals surface area contributed by atoms with Crippen molar-refractivity contribution in [3.05, 3.63) is 77.4 Å². The number of thioether (sulfide) groups is 1. The molecule has 0 radical (unpaired) electrons. The molecule has 2 aromatic carbocycles. The van der Waals surface area contributed by atoms with Crippen LogP contribution in [0.2, 0.25) is 0 Å². The molecule has 9 heteroatoms. The third-order valence-electron chi connectivity index (χ3n) is 4.02. The number of carbonyl (C=O) groups excluding carboxylic acids is 2. The van der Waals surface area contributed by atoms with E-state index in [0.29, 0.717) is 23.1 Å². The maximum atomic E-state index is 12.7. The Hall–Kier alpha value is -3.46. The predicted octanol–water partition coefficient (Wildman–Crippen LogP) is 3.74. The number of non-ortho nitro benzene ring substituents is 1. The number of carbonyl (C=O) groups is 2. The number of hydrogen-bond donors (Lipinski definition) is 1. The second-order valence-electron chi connectivity index (χ2n) is 6.13. The van der Waals surface area contributed by atoms with Crippen molar-refractivity contribution >= 4 is 45.8 Å². The van der Waals surface area contributed by atoms with Gasteiger partial charge in [-0.05, 0) is 18.2 Å². The summed E-state index contributed by atoms with van der Waals surface area (Å²) in [7, 11) is 0. The molecule has 0 aromatic heterocycles. The number of rotatable bonds is 7. The highest BCUT2D eigenvalue weighted by molar-refractivity contribution is 8.15. The Morgan fingerprint density at radius 1 is 1.28 bits per heavy atom. The summed E-state index contributed by atoms with van der Waals surface area (Å²) in [4.78, 5) is 41.5. The molecule has 29 heavy (non-hydrogen) atoms. The number of amides is 2. The Kier molecular flexibility index (Phi) is 6.40. The second-order valence-corrected chi connectivity index (χ2v) is 7.30. The second kappa shape index (κ2) is 9.16. The summed E-state index contributed by atoms with van der Waals surface area (Å²) >= 11 is 1.22. The number of para-hydroxylation sites is 1. The van der Waals surface area contributed by atoms with Gasteiger partial charge in [-0.3, -0.25) is 24.6 Å². The van der Waals surface area contributed by atoms with Gasteiger partial charge in [0.05, 0.1) is 10.6 Å². The fraction of sp³-hybridized carbons (Fsp3) is 0.150. The first kappa shape index (κ1) is 20.3. The van der Waals surface area contributed by atoms with Crippen molar-refractivity contribution in [3.63, 3.8) is 0 Å². The van der Waals surface area contributed by atoms with Gasteiger partial charge in [-0.1, -0.05) is 42.1 Å². The highest BCUT2D eigenvalue weighted by atomic mass is 32.2. The minimum atomic E-state index is -0.629. The molecule has 1 fully saturated rings. The number of hydrogen-bond acceptors (Lipinski definition) is 6. The highest BCUT2D eigenvalue weighted by Gasteiger charge is 2.38. The van der Waals surface area contributed by atoms with Gasteiger partial charge in [0.1, 0.15) is 5.25 Å². The first-order valence-corrected chi connectivity index (χ1v) is 9.63. The number of nitro benzene ring substituents is 1. The molecule has 1 aliphatic rings. The van der Waals surface area contributed by atoms with E-state index in [4.69, 9.17) is 0 Å². The smallest absolute Gasteiger partial charge is 0.271 e. The lowest BCUT2D eigenvalue weighted by Crippen LogP contribution is -2.33. The van der Waals surface area contributed by atoms with E-state index in [-0.39, 0.29) is 18.0 Å². The van der Waals surface area contributed by atoms with Crippen LogP contribution in [-0.4, -0.2) is 38.6 Å². The predicted molar refractivity (Wildman–Crippen MR) is 113 cm³/mol. The van der Waals surface area contributed by atoms with Crippen LogP contribution in [-0.2, 0) is 9.59 Å². The third kappa shape index (κ3) is 5.08. The van der Waals surface area contributed by atoms with Gasteiger partial charge in [0.25, 0.3) is 5.69 Å². The van der Waals surface area contributed by atoms with Crippen LogP contribution in [0.3, 0.4) is 0 Å². The van der Waals surface area contributed by atoms with E-state index in [2.05, 4.69) is 16.9 Å². The number of benzene rings is 2. The van der Waals surface area contributed by atoms with Gasteiger partial charge in [0.2, 0.25) is 11.8 Å². The largest absolute Gasteiger partial charge is 0.326 e. The monoisotopic (exact) mass is 410 g/mol. The molecule has 3 rings (SSSR count). The highest BCUT2D eigenvalue weighted by Crippen LogP contribution is 2.32. The molecular weight excluding hydrogens is 392 g/mol. The van der Waals surface area contributed by atoms with Crippen LogP contribution in [0.25, 0.3) is 0 Å². The van der Waals surface area contributed by atoms with Crippen molar-refractivity contribution in [2.24, 2.45) is 4.99 Å². The lowest BCUT2D eigenvalue weighted by atomic mass is 10.2. The summed E-state index contributed by atoms with van der Waals surface area (Å²) in [6, 6.07) is 14.9. The summed E-state index contributed by atoms with van der Waals surface area (Å²) < 4.78 is 0. The van der Waals surface area contributed by atoms with Crippen LogP contribution < -0.4 is 5.32 Å². The van der Waals surface area contributed by atoms with Crippen molar-refractivity contribution in [2.45, 2.75) is 11.7 Å². The standard InChI is InChI=1S/C20H18N4O4S/c1-2-11-23-19(26)17(29-20(23)22-14-7-4-3-5-8-14)13-18(25)21-15-9-6-10-16(12-15)24(27)28/h2-10,12,17H,1,11,13H2,(H,21,25)/t17-/m1/s1. The number of aliphatic imine (C=N–C) groups is 1. The van der Waals surface area contributed by atoms with Crippen molar-refractivity contribution in [2.75, 3.05) is 11.9 Å². The average Bonchev–Trinajstić information content (AvgIpc) is 2.98. The minimum absolute atomic E-state index is 0.0757. The molecule has 2 aromatic rings. The van der Waals surface area contributed by atoms with Crippen LogP contribution >= 0.6 is 11.8 Å². The number of amidine groups is 1. The molecule has 1 atom stereocenters. The summed E-state index contributed by atoms with van der Waals surface area (Å²) in [5, 5.41) is 13.4. The van der Waals surface area contributed by atoms with Gasteiger partial charge in [-0.15, -0.1) is 6.58 Å². The van der Waals surface area contributed by atoms with Crippen LogP contribution in [0.1, 0.15) is 6.42 Å². The third-order valence-corrected chi connectivity index (χ3v) is 5.20. The zero-order valence-corrected chi connectivity index (χ0v) is 16.2. The molecule has 8 nitrogen and oxygen atoms in total. The topological polar surface area (TPSA) is 105 Å². The number of nitrogens with zero attached hydrogens (tertiary/aromatic N) is 3. The maximum Gasteiger partial charge on any atom is 0.271 e. The zero-order valence-electron chi connectivity index (χ0n) is 15.4. The minimum Gasteiger partial charge on any atom is -0.326 e. The molecule has 1 aliphatic heterocycles. The van der Waals surface area contributed by atoms with E-state index in [9.17, 15) is 19.7 Å². The van der Waals surface area contributed by atoms with Crippen LogP contribution in [0.5, 0.6) is 0 Å². The Morgan fingerprint density at radius 2 is 2.03 bits per heavy atom. The van der Waals surface area contributed by atoms with Crippen molar-refractivity contribution in [1.29, 1.82) is 0 Å². The molecule has 2 amide bonds. The van der Waals surface area contributed by atoms with Crippen molar-refractivity contribution in [3.8, 4) is 0 Å². The number of nitrogens with one attached hydrogen (secondary N) is 1. The Labute approximate surface area is 171 Å². The van der Waals surface area contributed by atoms with Gasteiger partial charge < -0.3 is 5.32 Å². The summed E-state index contributed by atoms with van der Waals surface area (Å²) in [6.45, 7) is 3.96. The Balaban J connectivity index is 1.72. The van der Waals surface area contributed by atoms with Crippen molar-refractivity contribution in [1.82, 2.24) is 4.90 Å². The van der Waals surface area contributed by atoms with E-state index in [1.807, 2.05) is 30.3 Å². The normalized spacial score (nSPS) is 17.4. The lowest BCUT2D eigenvalue weighted by molar-refractivity contribution is -0.384. The fourth-order valence-corrected chi connectivity index (χ4v) is 3.88. The summed E-state index contributed by atoms with van der Waals surface area (Å²) in [5.74, 6) is -0.630. The molecular formula is C20H18N4O4S. The molecule has 0 spiro atoms. The van der Waals surface area contributed by atoms with Gasteiger partial charge in [0, 0.05) is 30.8 Å². The fourth-order valence-electron chi connectivity index (χ4n) is 2.71. The van der Waals surface area contributed by atoms with E-state index in [1.165, 1.54) is 34.9 Å². The summed E-state index contributed by atoms with van der Waals surface area (Å²) in [6.07, 6.45) is 1.53. The molecule has 1 N–H and O–H groups in total. The van der Waals surface area contributed by atoms with E-state index < -0.39 is 16.1 Å². The molecule has 0 saturated carbocycles. The lowest BCUT2D eigenvalue weighted by Gasteiger charge is -2.13. The molecule has 0 bridgehead atoms. The van der Waals surface area contributed by atoms with Crippen LogP contribution in [0.15, 0.2) is 72.2 Å². The van der Waals surface area contributed by atoms with Gasteiger partial charge >= 0.3 is 0 Å². The van der Waals surface area contributed by atoms with Crippen LogP contribution in [0, 0.1) is 10.1 Å². The molecule has 1 heterocycles.